The summed E-state index contributed by atoms with van der Waals surface area (Å²) in [7, 11) is 1.64. The maximum Gasteiger partial charge on any atom is 0.573 e. The predicted molar refractivity (Wildman–Crippen MR) is 555 cm³/mol. The van der Waals surface area contributed by atoms with Crippen molar-refractivity contribution in [1.82, 2.24) is 123 Å². The lowest BCUT2D eigenvalue weighted by Gasteiger charge is -2.21. The highest BCUT2D eigenvalue weighted by Crippen LogP contribution is 2.38. The molecule has 10 aromatic heterocycles. The molecule has 32 nitrogen and oxygen atoms in total. The summed E-state index contributed by atoms with van der Waals surface area (Å²) in [5.41, 5.74) is 13.1. The van der Waals surface area contributed by atoms with E-state index in [1.807, 2.05) is 154 Å². The normalized spacial score (nSPS) is 18.0. The molecular formula is C110H120F3N25O7. The predicted octanol–water partition coefficient (Wildman–Crippen LogP) is 17.1. The summed E-state index contributed by atoms with van der Waals surface area (Å²) in [5, 5.41) is 25.0. The molecule has 145 heavy (non-hydrogen) atoms. The molecule has 35 heteroatoms. The number of para-hydroxylation sites is 2. The maximum atomic E-state index is 12.8. The number of aromatic nitrogens is 20. The SMILES string of the molecule is C=C(C)N1CCC(n2ncc3c(=O)[nH]c(CC4CCCC4)nc32)C1.C=C(C)N1CCC(n2ncc3c(=O)[nH]c(Cc4ccccc4OC)nc32)C1.C=C(c1ccccc1)N1CCC(n2ncc3c(=O)[nH]c(CC4CCCC4)nc32)C1.C=C(c1ccccc1)N1CCC(n2ncc3c(=O)[nH]c(Cc4ccccc4)nc32)C1.C=C(c1ccccc1)N1CCC(n2ncc3c(=O)[nH]c(Cc4ccccc4OC(F)(F)F)nc32)C1. The van der Waals surface area contributed by atoms with Crippen LogP contribution >= 0.6 is 0 Å². The quantitative estimate of drug-likeness (QED) is 0.0355. The Bertz CT molecular complexity index is 7700. The topological polar surface area (TPSA) is 353 Å². The molecule has 748 valence electrons. The van der Waals surface area contributed by atoms with Crippen LogP contribution in [0.4, 0.5) is 13.2 Å². The first-order chi connectivity index (χ1) is 70.3. The Labute approximate surface area is 834 Å². The molecule has 0 radical (unpaired) electrons. The van der Waals surface area contributed by atoms with Crippen LogP contribution in [0, 0.1) is 11.8 Å². The molecule has 0 spiro atoms. The first-order valence-electron chi connectivity index (χ1n) is 49.9. The first kappa shape index (κ1) is 98.0. The molecule has 7 fully saturated rings. The number of benzene rings is 6. The van der Waals surface area contributed by atoms with Gasteiger partial charge in [-0.25, -0.2) is 48.3 Å². The Kier molecular flexibility index (Phi) is 29.4. The average Bonchev–Trinajstić information content (AvgIpc) is 1.65. The molecule has 23 rings (SSSR count). The van der Waals surface area contributed by atoms with E-state index in [1.54, 1.807) is 42.6 Å². The van der Waals surface area contributed by atoms with E-state index in [2.05, 4.69) is 142 Å². The standard InChI is InChI=1S/C25H22F3N5O2.C24H23N5O.C23H27N5O.C20H23N5O2.C18H25N5O/c1-16(17-7-3-2-4-8-17)32-12-11-19(15-32)33-23-20(14-29-33)24(34)31-22(30-23)13-18-9-5-6-10-21(18)35-25(26,27)28;1-17(19-10-6-3-7-11-19)28-13-12-20(16-28)29-23-21(15-25-29)24(30)27-22(26-23)14-18-8-4-2-5-9-18;1-16(18-9-3-2-4-10-18)27-12-11-19(15-27)28-22-20(14-24-28)23(29)26-21(25-22)13-17-7-5-6-8-17;1-13(2)24-9-8-15(12-24)25-19-16(11-21-25)20(26)23-18(22-19)10-14-6-4-5-7-17(14)27-3;1-12(2)22-8-7-14(11-22)23-17-15(10-19-23)18(24)21-16(20-17)9-13-5-3-4-6-13/h2-10,14,19H,1,11-13,15H2,(H,30,31,34);2-11,15,20H,1,12-14,16H2,(H,26,27,30);2-4,9-10,14,17,19H,1,5-8,11-13,15H2,(H,25,26,29);4-7,11,15H,1,8-10,12H2,2-3H3,(H,22,23,26);10,13-14H,1,3-9,11H2,2H3,(H,20,21,24). The first-order valence-corrected chi connectivity index (χ1v) is 49.9. The van der Waals surface area contributed by atoms with Gasteiger partial charge in [0, 0.05) is 137 Å². The third kappa shape index (κ3) is 22.5. The minimum absolute atomic E-state index is 0.0315. The van der Waals surface area contributed by atoms with Crippen molar-refractivity contribution in [3.63, 3.8) is 0 Å². The van der Waals surface area contributed by atoms with Gasteiger partial charge in [-0.05, 0) is 92.2 Å². The molecule has 15 heterocycles. The number of nitrogens with zero attached hydrogens (tertiary/aromatic N) is 20. The Morgan fingerprint density at radius 3 is 0.903 bits per heavy atom. The molecule has 5 unspecified atom stereocenters. The van der Waals surface area contributed by atoms with Crippen molar-refractivity contribution in [3.05, 3.63) is 359 Å². The summed E-state index contributed by atoms with van der Waals surface area (Å²) < 4.78 is 57.4. The third-order valence-corrected chi connectivity index (χ3v) is 28.9. The number of fused-ring (bicyclic) bond motifs is 5. The van der Waals surface area contributed by atoms with Crippen LogP contribution in [0.15, 0.2) is 269 Å². The number of alkyl halides is 3. The third-order valence-electron chi connectivity index (χ3n) is 28.9. The van der Waals surface area contributed by atoms with Crippen LogP contribution in [0.25, 0.3) is 72.3 Å². The van der Waals surface area contributed by atoms with Gasteiger partial charge in [0.15, 0.2) is 28.2 Å². The number of nitrogens with one attached hydrogen (secondary N) is 5. The second-order valence-corrected chi connectivity index (χ2v) is 38.7. The largest absolute Gasteiger partial charge is 0.573 e. The van der Waals surface area contributed by atoms with Crippen LogP contribution in [-0.4, -0.2) is 202 Å². The van der Waals surface area contributed by atoms with Crippen LogP contribution in [0.3, 0.4) is 0 Å². The number of aromatic amines is 5. The number of halogens is 3. The van der Waals surface area contributed by atoms with Gasteiger partial charge < -0.3 is 58.9 Å². The van der Waals surface area contributed by atoms with Gasteiger partial charge in [0.05, 0.1) is 68.3 Å². The van der Waals surface area contributed by atoms with E-state index in [-0.39, 0.29) is 76.0 Å². The number of rotatable bonds is 25. The zero-order chi connectivity index (χ0) is 101. The number of H-pyrrole nitrogens is 5. The van der Waals surface area contributed by atoms with Crippen LogP contribution in [0.2, 0.25) is 0 Å². The summed E-state index contributed by atoms with van der Waals surface area (Å²) in [6.45, 7) is 33.4. The van der Waals surface area contributed by atoms with E-state index < -0.39 is 11.9 Å². The number of methoxy groups -OCH3 is 1. The summed E-state index contributed by atoms with van der Waals surface area (Å²) in [5.74, 6) is 4.86. The van der Waals surface area contributed by atoms with Gasteiger partial charge in [-0.15, -0.1) is 13.2 Å². The van der Waals surface area contributed by atoms with Gasteiger partial charge in [0.1, 0.15) is 67.6 Å². The lowest BCUT2D eigenvalue weighted by molar-refractivity contribution is -0.274. The van der Waals surface area contributed by atoms with Crippen molar-refractivity contribution in [3.8, 4) is 11.5 Å². The Morgan fingerprint density at radius 1 is 0.338 bits per heavy atom. The van der Waals surface area contributed by atoms with E-state index in [1.165, 1.54) is 75.8 Å². The monoisotopic (exact) mass is 1960 g/mol. The molecular weight excluding hydrogens is 1840 g/mol. The fraction of sp³-hybridized carbons (Fsp3) is 0.355. The molecule has 5 saturated heterocycles. The number of ether oxygens (including phenoxy) is 2. The van der Waals surface area contributed by atoms with Crippen LogP contribution in [0.5, 0.6) is 11.5 Å². The average molecular weight is 1960 g/mol. The molecule has 7 aliphatic rings. The Morgan fingerprint density at radius 2 is 0.600 bits per heavy atom. The lowest BCUT2D eigenvalue weighted by Crippen LogP contribution is -2.21. The van der Waals surface area contributed by atoms with E-state index in [4.69, 9.17) is 24.7 Å². The molecule has 5 atom stereocenters. The fourth-order valence-electron chi connectivity index (χ4n) is 21.1. The highest BCUT2D eigenvalue weighted by molar-refractivity contribution is 5.77. The number of hydrogen-bond donors (Lipinski definition) is 5. The molecule has 2 aliphatic carbocycles. The van der Waals surface area contributed by atoms with Crippen molar-refractivity contribution >= 4 is 72.3 Å². The number of hydrogen-bond acceptors (Lipinski definition) is 22. The second kappa shape index (κ2) is 43.5. The van der Waals surface area contributed by atoms with Crippen molar-refractivity contribution in [2.45, 2.75) is 166 Å². The zero-order valence-corrected chi connectivity index (χ0v) is 81.9. The van der Waals surface area contributed by atoms with Crippen molar-refractivity contribution in [2.75, 3.05) is 72.6 Å². The molecule has 5 aliphatic heterocycles. The van der Waals surface area contributed by atoms with Gasteiger partial charge in [-0.3, -0.25) is 24.0 Å². The number of allylic oxidation sites excluding steroid dienone is 2. The molecule has 6 aromatic carbocycles. The van der Waals surface area contributed by atoms with Crippen LogP contribution in [0.1, 0.15) is 190 Å². The van der Waals surface area contributed by atoms with E-state index >= 15 is 0 Å². The summed E-state index contributed by atoms with van der Waals surface area (Å²) in [6.07, 6.45) is 20.8. The van der Waals surface area contributed by atoms with Gasteiger partial charge in [-0.1, -0.05) is 242 Å². The van der Waals surface area contributed by atoms with E-state index in [0.717, 1.165) is 189 Å². The summed E-state index contributed by atoms with van der Waals surface area (Å²) in [6, 6.07) is 54.7. The highest BCUT2D eigenvalue weighted by atomic mass is 19.4. The molecule has 0 amide bonds. The molecule has 0 bridgehead atoms. The van der Waals surface area contributed by atoms with Gasteiger partial charge in [-0.2, -0.15) is 25.5 Å². The highest BCUT2D eigenvalue weighted by Gasteiger charge is 2.36. The minimum Gasteiger partial charge on any atom is -0.496 e. The van der Waals surface area contributed by atoms with Crippen LogP contribution < -0.4 is 37.3 Å². The minimum atomic E-state index is -4.82. The maximum absolute atomic E-state index is 12.8. The zero-order valence-electron chi connectivity index (χ0n) is 81.9. The lowest BCUT2D eigenvalue weighted by atomic mass is 10.0. The van der Waals surface area contributed by atoms with Crippen molar-refractivity contribution in [2.24, 2.45) is 11.8 Å². The summed E-state index contributed by atoms with van der Waals surface area (Å²) in [4.78, 5) is 112. The van der Waals surface area contributed by atoms with Gasteiger partial charge in [0.25, 0.3) is 27.8 Å². The van der Waals surface area contributed by atoms with E-state index in [9.17, 15) is 37.1 Å². The fourth-order valence-corrected chi connectivity index (χ4v) is 21.1. The molecule has 2 saturated carbocycles. The Hall–Kier alpha value is -15.8. The van der Waals surface area contributed by atoms with Crippen molar-refractivity contribution < 1.29 is 22.6 Å². The van der Waals surface area contributed by atoms with Gasteiger partial charge in [0.2, 0.25) is 0 Å². The number of likely N-dealkylation sites (tertiary alicyclic amines) is 5. The second-order valence-electron chi connectivity index (χ2n) is 38.7. The van der Waals surface area contributed by atoms with Crippen molar-refractivity contribution in [1.29, 1.82) is 0 Å². The van der Waals surface area contributed by atoms with Crippen LogP contribution in [-0.2, 0) is 32.1 Å². The van der Waals surface area contributed by atoms with Gasteiger partial charge >= 0.3 is 6.36 Å². The summed E-state index contributed by atoms with van der Waals surface area (Å²) >= 11 is 0. The molecule has 5 N–H and O–H groups in total. The Balaban J connectivity index is 0.000000115. The van der Waals surface area contributed by atoms with E-state index in [0.29, 0.717) is 86.7 Å². The molecule has 16 aromatic rings. The smallest absolute Gasteiger partial charge is 0.496 e.